The van der Waals surface area contributed by atoms with Gasteiger partial charge in [-0.1, -0.05) is 28.1 Å². The van der Waals surface area contributed by atoms with Crippen LogP contribution in [0.5, 0.6) is 0 Å². The highest BCUT2D eigenvalue weighted by molar-refractivity contribution is 9.10. The lowest BCUT2D eigenvalue weighted by atomic mass is 10.1. The van der Waals surface area contributed by atoms with Crippen LogP contribution in [0.3, 0.4) is 0 Å². The molecule has 0 saturated carbocycles. The average molecular weight is 413 g/mol. The molecule has 2 heterocycles. The van der Waals surface area contributed by atoms with E-state index in [9.17, 15) is 14.9 Å². The van der Waals surface area contributed by atoms with Gasteiger partial charge in [0, 0.05) is 39.4 Å². The van der Waals surface area contributed by atoms with Crippen LogP contribution in [0.2, 0.25) is 0 Å². The fourth-order valence-electron chi connectivity index (χ4n) is 3.24. The Morgan fingerprint density at radius 1 is 1.23 bits per heavy atom. The first kappa shape index (κ1) is 16.5. The maximum atomic E-state index is 12.5. The van der Waals surface area contributed by atoms with Crippen LogP contribution < -0.4 is 5.56 Å². The molecule has 4 rings (SSSR count). The summed E-state index contributed by atoms with van der Waals surface area (Å²) in [5.41, 5.74) is 2.83. The number of hydrogen-bond acceptors (Lipinski definition) is 4. The Hall–Kier alpha value is -3.00. The number of fused-ring (bicyclic) bond motifs is 3. The lowest BCUT2D eigenvalue weighted by Gasteiger charge is -2.07. The van der Waals surface area contributed by atoms with Crippen LogP contribution in [0, 0.1) is 17.0 Å². The molecule has 26 heavy (non-hydrogen) atoms. The average Bonchev–Trinajstić information content (AvgIpc) is 2.93. The Morgan fingerprint density at radius 2 is 1.96 bits per heavy atom. The summed E-state index contributed by atoms with van der Waals surface area (Å²) in [6, 6.07) is 12.2. The number of non-ortho nitro benzene ring substituents is 1. The number of nitro groups is 1. The van der Waals surface area contributed by atoms with Crippen LogP contribution in [-0.4, -0.2) is 19.7 Å². The van der Waals surface area contributed by atoms with E-state index in [1.807, 2.05) is 29.7 Å². The predicted octanol–water partition coefficient (Wildman–Crippen LogP) is 3.91. The third kappa shape index (κ3) is 2.59. The number of rotatable bonds is 3. The van der Waals surface area contributed by atoms with Gasteiger partial charge in [-0.15, -0.1) is 0 Å². The van der Waals surface area contributed by atoms with E-state index in [-0.39, 0.29) is 11.2 Å². The molecule has 130 valence electrons. The smallest absolute Gasteiger partial charge is 0.288 e. The van der Waals surface area contributed by atoms with E-state index in [4.69, 9.17) is 0 Å². The Balaban J connectivity index is 1.97. The number of aromatic amines is 1. The van der Waals surface area contributed by atoms with Crippen LogP contribution >= 0.6 is 15.9 Å². The third-order valence-corrected chi connectivity index (χ3v) is 4.91. The van der Waals surface area contributed by atoms with Gasteiger partial charge in [-0.05, 0) is 30.7 Å². The summed E-state index contributed by atoms with van der Waals surface area (Å²) in [5.74, 6) is 0. The maximum absolute atomic E-state index is 12.5. The van der Waals surface area contributed by atoms with Crippen molar-refractivity contribution in [1.29, 1.82) is 0 Å². The van der Waals surface area contributed by atoms with Crippen molar-refractivity contribution in [2.75, 3.05) is 0 Å². The van der Waals surface area contributed by atoms with Crippen molar-refractivity contribution in [2.45, 2.75) is 13.5 Å². The number of hydrogen-bond donors (Lipinski definition) is 1. The SMILES string of the molecule is Cc1n[nH]c(=O)c2c1c1cc(Br)ccc1n2Cc1ccc([N+](=O)[O-])cc1. The Bertz CT molecular complexity index is 1230. The quantitative estimate of drug-likeness (QED) is 0.407. The van der Waals surface area contributed by atoms with Crippen LogP contribution in [0.15, 0.2) is 51.7 Å². The van der Waals surface area contributed by atoms with Crippen molar-refractivity contribution in [3.63, 3.8) is 0 Å². The van der Waals surface area contributed by atoms with Crippen molar-refractivity contribution in [1.82, 2.24) is 14.8 Å². The first-order chi connectivity index (χ1) is 12.5. The van der Waals surface area contributed by atoms with Crippen LogP contribution in [0.1, 0.15) is 11.3 Å². The molecule has 0 spiro atoms. The summed E-state index contributed by atoms with van der Waals surface area (Å²) < 4.78 is 2.84. The first-order valence-corrected chi connectivity index (χ1v) is 8.65. The van der Waals surface area contributed by atoms with Crippen molar-refractivity contribution < 1.29 is 4.92 Å². The lowest BCUT2D eigenvalue weighted by molar-refractivity contribution is -0.384. The van der Waals surface area contributed by atoms with E-state index in [1.165, 1.54) is 12.1 Å². The molecule has 1 N–H and O–H groups in total. The van der Waals surface area contributed by atoms with Gasteiger partial charge < -0.3 is 4.57 Å². The minimum absolute atomic E-state index is 0.0396. The summed E-state index contributed by atoms with van der Waals surface area (Å²) in [4.78, 5) is 22.9. The minimum Gasteiger partial charge on any atom is -0.331 e. The fraction of sp³-hybridized carbons (Fsp3) is 0.111. The zero-order chi connectivity index (χ0) is 18.4. The molecule has 0 unspecified atom stereocenters. The molecule has 0 fully saturated rings. The van der Waals surface area contributed by atoms with E-state index in [2.05, 4.69) is 26.1 Å². The summed E-state index contributed by atoms with van der Waals surface area (Å²) in [5, 5.41) is 19.2. The number of halogens is 1. The highest BCUT2D eigenvalue weighted by atomic mass is 79.9. The van der Waals surface area contributed by atoms with E-state index in [1.54, 1.807) is 12.1 Å². The van der Waals surface area contributed by atoms with Crippen LogP contribution in [0.4, 0.5) is 5.69 Å². The summed E-state index contributed by atoms with van der Waals surface area (Å²) in [6.07, 6.45) is 0. The van der Waals surface area contributed by atoms with Gasteiger partial charge in [0.1, 0.15) is 5.52 Å². The van der Waals surface area contributed by atoms with Gasteiger partial charge in [0.2, 0.25) is 0 Å². The molecule has 0 amide bonds. The highest BCUT2D eigenvalue weighted by Crippen LogP contribution is 2.31. The van der Waals surface area contributed by atoms with Gasteiger partial charge in [-0.25, -0.2) is 5.10 Å². The zero-order valence-electron chi connectivity index (χ0n) is 13.7. The molecule has 0 atom stereocenters. The predicted molar refractivity (Wildman–Crippen MR) is 102 cm³/mol. The number of H-pyrrole nitrogens is 1. The second kappa shape index (κ2) is 6.06. The highest BCUT2D eigenvalue weighted by Gasteiger charge is 2.17. The molecular formula is C18H13BrN4O3. The molecule has 0 aliphatic heterocycles. The second-order valence-electron chi connectivity index (χ2n) is 6.03. The Labute approximate surface area is 155 Å². The summed E-state index contributed by atoms with van der Waals surface area (Å²) in [7, 11) is 0. The molecule has 0 radical (unpaired) electrons. The van der Waals surface area contributed by atoms with Crippen molar-refractivity contribution in [3.05, 3.63) is 78.7 Å². The largest absolute Gasteiger partial charge is 0.331 e. The molecule has 0 saturated heterocycles. The number of nitrogens with zero attached hydrogens (tertiary/aromatic N) is 3. The Morgan fingerprint density at radius 3 is 2.65 bits per heavy atom. The molecule has 2 aromatic heterocycles. The maximum Gasteiger partial charge on any atom is 0.288 e. The van der Waals surface area contributed by atoms with Gasteiger partial charge in [0.15, 0.2) is 0 Å². The second-order valence-corrected chi connectivity index (χ2v) is 6.95. The van der Waals surface area contributed by atoms with Gasteiger partial charge >= 0.3 is 0 Å². The molecule has 0 bridgehead atoms. The first-order valence-electron chi connectivity index (χ1n) is 7.86. The number of aryl methyl sites for hydroxylation is 1. The number of aromatic nitrogens is 3. The lowest BCUT2D eigenvalue weighted by Crippen LogP contribution is -2.14. The summed E-state index contributed by atoms with van der Waals surface area (Å²) in [6.45, 7) is 2.28. The zero-order valence-corrected chi connectivity index (χ0v) is 15.3. The summed E-state index contributed by atoms with van der Waals surface area (Å²) >= 11 is 3.48. The van der Waals surface area contributed by atoms with Gasteiger partial charge in [-0.2, -0.15) is 5.10 Å². The van der Waals surface area contributed by atoms with E-state index in [0.29, 0.717) is 12.1 Å². The van der Waals surface area contributed by atoms with E-state index >= 15 is 0 Å². The van der Waals surface area contributed by atoms with E-state index in [0.717, 1.165) is 32.0 Å². The number of nitrogens with one attached hydrogen (secondary N) is 1. The third-order valence-electron chi connectivity index (χ3n) is 4.42. The van der Waals surface area contributed by atoms with Crippen molar-refractivity contribution >= 4 is 43.4 Å². The molecule has 7 nitrogen and oxygen atoms in total. The number of benzene rings is 2. The molecular weight excluding hydrogens is 400 g/mol. The van der Waals surface area contributed by atoms with Gasteiger partial charge in [-0.3, -0.25) is 14.9 Å². The van der Waals surface area contributed by atoms with Crippen LogP contribution in [0.25, 0.3) is 21.8 Å². The molecule has 2 aromatic carbocycles. The topological polar surface area (TPSA) is 93.8 Å². The molecule has 0 aliphatic carbocycles. The van der Waals surface area contributed by atoms with Gasteiger partial charge in [0.05, 0.1) is 10.6 Å². The van der Waals surface area contributed by atoms with Crippen LogP contribution in [-0.2, 0) is 6.54 Å². The normalized spacial score (nSPS) is 11.3. The standard InChI is InChI=1S/C18H13BrN4O3/c1-10-16-14-8-12(19)4-7-15(14)22(17(16)18(24)21-20-10)9-11-2-5-13(6-3-11)23(25)26/h2-8H,9H2,1H3,(H,21,24). The van der Waals surface area contributed by atoms with Crippen molar-refractivity contribution in [2.24, 2.45) is 0 Å². The van der Waals surface area contributed by atoms with E-state index < -0.39 is 4.92 Å². The van der Waals surface area contributed by atoms with Gasteiger partial charge in [0.25, 0.3) is 11.2 Å². The molecule has 4 aromatic rings. The number of nitro benzene ring substituents is 1. The Kier molecular flexibility index (Phi) is 3.84. The minimum atomic E-state index is -0.429. The fourth-order valence-corrected chi connectivity index (χ4v) is 3.60. The monoisotopic (exact) mass is 412 g/mol. The molecule has 8 heteroatoms. The molecule has 0 aliphatic rings. The van der Waals surface area contributed by atoms with Crippen molar-refractivity contribution in [3.8, 4) is 0 Å².